The lowest BCUT2D eigenvalue weighted by Crippen LogP contribution is -2.11. The van der Waals surface area contributed by atoms with Crippen molar-refractivity contribution >= 4 is 11.6 Å². The molecule has 0 radical (unpaired) electrons. The topological polar surface area (TPSA) is 25.8 Å². The minimum Gasteiger partial charge on any atom is -0.226 e. The Hall–Kier alpha value is -2.19. The molecule has 116 valence electrons. The number of aromatic nitrogens is 2. The molecule has 3 heteroatoms. The summed E-state index contributed by atoms with van der Waals surface area (Å²) in [6.45, 7) is 6.66. The summed E-state index contributed by atoms with van der Waals surface area (Å²) in [4.78, 5) is 8.35. The molecule has 1 aromatic heterocycles. The Morgan fingerprint density at radius 1 is 0.870 bits per heavy atom. The normalized spacial score (nSPS) is 11.5. The average Bonchev–Trinajstić information content (AvgIpc) is 2.54. The van der Waals surface area contributed by atoms with Crippen molar-refractivity contribution in [1.82, 2.24) is 9.97 Å². The van der Waals surface area contributed by atoms with E-state index in [1.165, 1.54) is 11.1 Å². The summed E-state index contributed by atoms with van der Waals surface area (Å²) in [5.41, 5.74) is 5.61. The molecule has 0 aliphatic heterocycles. The molecule has 3 rings (SSSR count). The van der Waals surface area contributed by atoms with E-state index >= 15 is 0 Å². The van der Waals surface area contributed by atoms with Crippen LogP contribution in [-0.2, 0) is 5.41 Å². The molecule has 0 amide bonds. The van der Waals surface area contributed by atoms with Crippen LogP contribution in [0.5, 0.6) is 0 Å². The van der Waals surface area contributed by atoms with E-state index in [9.17, 15) is 0 Å². The molecule has 0 bridgehead atoms. The van der Waals surface area contributed by atoms with Crippen LogP contribution in [0, 0.1) is 0 Å². The zero-order chi connectivity index (χ0) is 16.4. The van der Waals surface area contributed by atoms with Gasteiger partial charge in [-0.2, -0.15) is 0 Å². The zero-order valence-electron chi connectivity index (χ0n) is 13.5. The number of nitrogens with zero attached hydrogens (tertiary/aromatic N) is 2. The largest absolute Gasteiger partial charge is 0.226 e. The van der Waals surface area contributed by atoms with Crippen LogP contribution in [0.25, 0.3) is 22.4 Å². The molecule has 0 aliphatic carbocycles. The van der Waals surface area contributed by atoms with Crippen LogP contribution >= 0.6 is 11.6 Å². The number of halogens is 1. The fourth-order valence-corrected chi connectivity index (χ4v) is 2.72. The third-order valence-electron chi connectivity index (χ3n) is 3.87. The van der Waals surface area contributed by atoms with Gasteiger partial charge in [-0.1, -0.05) is 63.2 Å². The number of rotatable bonds is 2. The molecule has 0 atom stereocenters. The lowest BCUT2D eigenvalue weighted by Gasteiger charge is -2.21. The predicted molar refractivity (Wildman–Crippen MR) is 96.6 cm³/mol. The maximum atomic E-state index is 5.97. The summed E-state index contributed by atoms with van der Waals surface area (Å²) >= 11 is 5.97. The van der Waals surface area contributed by atoms with E-state index in [1.54, 1.807) is 6.20 Å². The monoisotopic (exact) mass is 322 g/mol. The van der Waals surface area contributed by atoms with E-state index in [-0.39, 0.29) is 10.7 Å². The standard InChI is InChI=1S/C20H19ClN2/c1-20(2,3)15-9-10-16(18-11-12-22-19(21)23-18)17(13-15)14-7-5-4-6-8-14/h4-13H,1-3H3. The molecule has 0 aliphatic rings. The first-order chi connectivity index (χ1) is 10.9. The summed E-state index contributed by atoms with van der Waals surface area (Å²) in [5, 5.41) is 0.265. The van der Waals surface area contributed by atoms with Crippen LogP contribution < -0.4 is 0 Å². The molecule has 0 N–H and O–H groups in total. The number of hydrogen-bond donors (Lipinski definition) is 0. The van der Waals surface area contributed by atoms with Crippen molar-refractivity contribution in [2.75, 3.05) is 0 Å². The highest BCUT2D eigenvalue weighted by atomic mass is 35.5. The molecule has 0 spiro atoms. The van der Waals surface area contributed by atoms with Crippen molar-refractivity contribution in [3.05, 3.63) is 71.6 Å². The summed E-state index contributed by atoms with van der Waals surface area (Å²) in [5.74, 6) is 0. The van der Waals surface area contributed by atoms with Crippen molar-refractivity contribution < 1.29 is 0 Å². The van der Waals surface area contributed by atoms with Gasteiger partial charge in [0.15, 0.2) is 0 Å². The molecule has 1 heterocycles. The van der Waals surface area contributed by atoms with Gasteiger partial charge in [-0.15, -0.1) is 0 Å². The highest BCUT2D eigenvalue weighted by molar-refractivity contribution is 6.28. The fraction of sp³-hybridized carbons (Fsp3) is 0.200. The van der Waals surface area contributed by atoms with Gasteiger partial charge in [-0.3, -0.25) is 0 Å². The third kappa shape index (κ3) is 3.43. The Labute approximate surface area is 142 Å². The zero-order valence-corrected chi connectivity index (χ0v) is 14.3. The van der Waals surface area contributed by atoms with Gasteiger partial charge < -0.3 is 0 Å². The molecule has 2 aromatic carbocycles. The minimum atomic E-state index is 0.0887. The van der Waals surface area contributed by atoms with Crippen molar-refractivity contribution in [2.24, 2.45) is 0 Å². The minimum absolute atomic E-state index is 0.0887. The van der Waals surface area contributed by atoms with E-state index in [1.807, 2.05) is 12.1 Å². The Morgan fingerprint density at radius 2 is 1.61 bits per heavy atom. The molecular weight excluding hydrogens is 304 g/mol. The van der Waals surface area contributed by atoms with E-state index < -0.39 is 0 Å². The van der Waals surface area contributed by atoms with Crippen molar-refractivity contribution in [2.45, 2.75) is 26.2 Å². The second kappa shape index (κ2) is 6.13. The molecule has 23 heavy (non-hydrogen) atoms. The number of hydrogen-bond acceptors (Lipinski definition) is 2. The Balaban J connectivity index is 2.24. The third-order valence-corrected chi connectivity index (χ3v) is 4.05. The van der Waals surface area contributed by atoms with Gasteiger partial charge >= 0.3 is 0 Å². The number of benzene rings is 2. The fourth-order valence-electron chi connectivity index (χ4n) is 2.58. The molecular formula is C20H19ClN2. The van der Waals surface area contributed by atoms with E-state index in [0.717, 1.165) is 16.8 Å². The summed E-state index contributed by atoms with van der Waals surface area (Å²) < 4.78 is 0. The molecule has 0 unspecified atom stereocenters. The van der Waals surface area contributed by atoms with Gasteiger partial charge in [0.2, 0.25) is 5.28 Å². The van der Waals surface area contributed by atoms with Crippen LogP contribution in [0.4, 0.5) is 0 Å². The summed E-state index contributed by atoms with van der Waals surface area (Å²) in [6.07, 6.45) is 1.69. The predicted octanol–water partition coefficient (Wildman–Crippen LogP) is 5.76. The lowest BCUT2D eigenvalue weighted by molar-refractivity contribution is 0.590. The van der Waals surface area contributed by atoms with Gasteiger partial charge in [-0.05, 0) is 45.8 Å². The van der Waals surface area contributed by atoms with Gasteiger partial charge in [0, 0.05) is 11.8 Å². The first kappa shape index (κ1) is 15.7. The Bertz CT molecular complexity index is 821. The molecule has 0 saturated heterocycles. The van der Waals surface area contributed by atoms with E-state index in [4.69, 9.17) is 11.6 Å². The lowest BCUT2D eigenvalue weighted by atomic mass is 9.83. The van der Waals surface area contributed by atoms with Gasteiger partial charge in [0.1, 0.15) is 0 Å². The Kier molecular flexibility index (Phi) is 4.18. The average molecular weight is 323 g/mol. The van der Waals surface area contributed by atoms with Crippen LogP contribution in [0.3, 0.4) is 0 Å². The van der Waals surface area contributed by atoms with E-state index in [2.05, 4.69) is 73.2 Å². The van der Waals surface area contributed by atoms with Crippen LogP contribution in [0.2, 0.25) is 5.28 Å². The van der Waals surface area contributed by atoms with Gasteiger partial charge in [-0.25, -0.2) is 9.97 Å². The highest BCUT2D eigenvalue weighted by Gasteiger charge is 2.17. The van der Waals surface area contributed by atoms with Crippen LogP contribution in [0.15, 0.2) is 60.8 Å². The maximum absolute atomic E-state index is 5.97. The maximum Gasteiger partial charge on any atom is 0.222 e. The summed E-state index contributed by atoms with van der Waals surface area (Å²) in [6, 6.07) is 18.8. The SMILES string of the molecule is CC(C)(C)c1ccc(-c2ccnc(Cl)n2)c(-c2ccccc2)c1. The molecule has 0 fully saturated rings. The first-order valence-corrected chi connectivity index (χ1v) is 8.02. The van der Waals surface area contributed by atoms with Crippen molar-refractivity contribution in [3.63, 3.8) is 0 Å². The van der Waals surface area contributed by atoms with Crippen molar-refractivity contribution in [1.29, 1.82) is 0 Å². The van der Waals surface area contributed by atoms with Gasteiger partial charge in [0.05, 0.1) is 5.69 Å². The first-order valence-electron chi connectivity index (χ1n) is 7.64. The van der Waals surface area contributed by atoms with Crippen LogP contribution in [-0.4, -0.2) is 9.97 Å². The van der Waals surface area contributed by atoms with Crippen LogP contribution in [0.1, 0.15) is 26.3 Å². The Morgan fingerprint density at radius 3 is 2.26 bits per heavy atom. The summed E-state index contributed by atoms with van der Waals surface area (Å²) in [7, 11) is 0. The molecule has 2 nitrogen and oxygen atoms in total. The smallest absolute Gasteiger partial charge is 0.222 e. The quantitative estimate of drug-likeness (QED) is 0.560. The van der Waals surface area contributed by atoms with Crippen molar-refractivity contribution in [3.8, 4) is 22.4 Å². The highest BCUT2D eigenvalue weighted by Crippen LogP contribution is 2.35. The second-order valence-corrected chi connectivity index (χ2v) is 6.93. The second-order valence-electron chi connectivity index (χ2n) is 6.59. The van der Waals surface area contributed by atoms with E-state index in [0.29, 0.717) is 0 Å². The molecule has 0 saturated carbocycles. The molecule has 3 aromatic rings. The van der Waals surface area contributed by atoms with Gasteiger partial charge in [0.25, 0.3) is 0 Å².